The van der Waals surface area contributed by atoms with Crippen LogP contribution in [-0.2, 0) is 15.6 Å². The Labute approximate surface area is 165 Å². The zero-order valence-electron chi connectivity index (χ0n) is 15.2. The Morgan fingerprint density at radius 3 is 2.56 bits per heavy atom. The fourth-order valence-corrected chi connectivity index (χ4v) is 4.46. The third-order valence-corrected chi connectivity index (χ3v) is 6.45. The molecule has 0 spiro atoms. The van der Waals surface area contributed by atoms with Gasteiger partial charge in [-0.2, -0.15) is 0 Å². The summed E-state index contributed by atoms with van der Waals surface area (Å²) < 4.78 is 25.0. The molecule has 1 aromatic carbocycles. The highest BCUT2D eigenvalue weighted by Gasteiger charge is 2.20. The van der Waals surface area contributed by atoms with E-state index < -0.39 is 9.05 Å². The zero-order chi connectivity index (χ0) is 19.3. The van der Waals surface area contributed by atoms with E-state index in [0.717, 1.165) is 24.3 Å². The molecular formula is C20H25ClN2O3S. The first-order valence-corrected chi connectivity index (χ1v) is 11.7. The van der Waals surface area contributed by atoms with E-state index in [4.69, 9.17) is 10.7 Å². The number of aromatic nitrogens is 1. The van der Waals surface area contributed by atoms with Crippen LogP contribution in [0.5, 0.6) is 0 Å². The lowest BCUT2D eigenvalue weighted by molar-refractivity contribution is 0.0943. The van der Waals surface area contributed by atoms with Gasteiger partial charge >= 0.3 is 0 Å². The summed E-state index contributed by atoms with van der Waals surface area (Å²) in [6, 6.07) is 10.9. The highest BCUT2D eigenvalue weighted by Crippen LogP contribution is 2.28. The van der Waals surface area contributed by atoms with Gasteiger partial charge in [-0.15, -0.1) is 0 Å². The molecule has 146 valence electrons. The second kappa shape index (κ2) is 8.93. The number of carbonyl (C=O) groups excluding carboxylic acids is 1. The van der Waals surface area contributed by atoms with Crippen LogP contribution in [0.2, 0.25) is 0 Å². The van der Waals surface area contributed by atoms with Crippen molar-refractivity contribution in [1.29, 1.82) is 0 Å². The number of nitrogens with zero attached hydrogens (tertiary/aromatic N) is 1. The standard InChI is InChI=1S/C20H25ClN2O3S/c21-27(25,26)18-13-19(23(15-18)14-17-9-2-1-3-10-17)20(24)22-12-6-11-16-7-4-5-8-16/h1-3,9-10,13,15-16H,4-8,11-12,14H2,(H,22,24). The maximum Gasteiger partial charge on any atom is 0.267 e. The molecule has 27 heavy (non-hydrogen) atoms. The topological polar surface area (TPSA) is 68.2 Å². The number of halogens is 1. The average Bonchev–Trinajstić information content (AvgIpc) is 3.29. The minimum absolute atomic E-state index is 0.0591. The first kappa shape index (κ1) is 20.0. The van der Waals surface area contributed by atoms with E-state index in [9.17, 15) is 13.2 Å². The van der Waals surface area contributed by atoms with E-state index in [0.29, 0.717) is 18.8 Å². The highest BCUT2D eigenvalue weighted by atomic mass is 35.7. The average molecular weight is 409 g/mol. The summed E-state index contributed by atoms with van der Waals surface area (Å²) in [5.41, 5.74) is 1.28. The summed E-state index contributed by atoms with van der Waals surface area (Å²) >= 11 is 0. The van der Waals surface area contributed by atoms with Crippen molar-refractivity contribution in [2.24, 2.45) is 5.92 Å². The molecule has 1 aromatic heterocycles. The van der Waals surface area contributed by atoms with Crippen molar-refractivity contribution in [1.82, 2.24) is 9.88 Å². The Morgan fingerprint density at radius 1 is 1.19 bits per heavy atom. The highest BCUT2D eigenvalue weighted by molar-refractivity contribution is 8.13. The number of hydrogen-bond donors (Lipinski definition) is 1. The smallest absolute Gasteiger partial charge is 0.267 e. The molecule has 1 N–H and O–H groups in total. The number of nitrogens with one attached hydrogen (secondary N) is 1. The van der Waals surface area contributed by atoms with Gasteiger partial charge in [0, 0.05) is 30.0 Å². The lowest BCUT2D eigenvalue weighted by Crippen LogP contribution is -2.27. The number of benzene rings is 1. The minimum Gasteiger partial charge on any atom is -0.351 e. The molecule has 5 nitrogen and oxygen atoms in total. The predicted molar refractivity (Wildman–Crippen MR) is 107 cm³/mol. The van der Waals surface area contributed by atoms with Gasteiger partial charge in [-0.3, -0.25) is 4.79 Å². The first-order valence-electron chi connectivity index (χ1n) is 9.40. The quantitative estimate of drug-likeness (QED) is 0.526. The molecule has 0 bridgehead atoms. The third-order valence-electron chi connectivity index (χ3n) is 5.13. The van der Waals surface area contributed by atoms with Crippen molar-refractivity contribution < 1.29 is 13.2 Å². The summed E-state index contributed by atoms with van der Waals surface area (Å²) in [7, 11) is 1.58. The van der Waals surface area contributed by atoms with E-state index in [2.05, 4.69) is 5.32 Å². The van der Waals surface area contributed by atoms with Gasteiger partial charge in [0.05, 0.1) is 0 Å². The summed E-state index contributed by atoms with van der Waals surface area (Å²) in [6.45, 7) is 0.993. The molecule has 3 rings (SSSR count). The van der Waals surface area contributed by atoms with Gasteiger partial charge in [0.2, 0.25) is 0 Å². The molecule has 0 aliphatic heterocycles. The van der Waals surface area contributed by atoms with Crippen LogP contribution in [0.25, 0.3) is 0 Å². The van der Waals surface area contributed by atoms with Crippen molar-refractivity contribution in [2.75, 3.05) is 6.54 Å². The third kappa shape index (κ3) is 5.59. The van der Waals surface area contributed by atoms with Crippen molar-refractivity contribution in [2.45, 2.75) is 50.0 Å². The summed E-state index contributed by atoms with van der Waals surface area (Å²) in [5, 5.41) is 2.92. The Balaban J connectivity index is 1.67. The van der Waals surface area contributed by atoms with Gasteiger partial charge in [-0.05, 0) is 30.4 Å². The minimum atomic E-state index is -3.90. The molecule has 1 heterocycles. The number of amides is 1. The first-order chi connectivity index (χ1) is 12.9. The van der Waals surface area contributed by atoms with E-state index in [1.807, 2.05) is 30.3 Å². The van der Waals surface area contributed by atoms with Crippen LogP contribution in [-0.4, -0.2) is 25.4 Å². The summed E-state index contributed by atoms with van der Waals surface area (Å²) in [6.07, 6.45) is 8.72. The molecule has 0 radical (unpaired) electrons. The largest absolute Gasteiger partial charge is 0.351 e. The molecule has 7 heteroatoms. The lowest BCUT2D eigenvalue weighted by atomic mass is 10.0. The molecule has 0 atom stereocenters. The fraction of sp³-hybridized carbons (Fsp3) is 0.450. The van der Waals surface area contributed by atoms with Gasteiger partial charge in [0.25, 0.3) is 15.0 Å². The van der Waals surface area contributed by atoms with Crippen molar-refractivity contribution >= 4 is 25.6 Å². The molecule has 2 aromatic rings. The molecule has 1 aliphatic carbocycles. The van der Waals surface area contributed by atoms with Crippen molar-refractivity contribution in [3.63, 3.8) is 0 Å². The Morgan fingerprint density at radius 2 is 1.89 bits per heavy atom. The molecule has 1 amide bonds. The lowest BCUT2D eigenvalue weighted by Gasteiger charge is -2.11. The fourth-order valence-electron chi connectivity index (χ4n) is 3.70. The van der Waals surface area contributed by atoms with Crippen LogP contribution in [0.15, 0.2) is 47.5 Å². The normalized spacial score (nSPS) is 15.1. The van der Waals surface area contributed by atoms with Crippen LogP contribution in [0, 0.1) is 5.92 Å². The van der Waals surface area contributed by atoms with Crippen LogP contribution < -0.4 is 5.32 Å². The Hall–Kier alpha value is -1.79. The molecule has 0 saturated heterocycles. The molecule has 1 fully saturated rings. The monoisotopic (exact) mass is 408 g/mol. The SMILES string of the molecule is O=C(NCCCC1CCCC1)c1cc(S(=O)(=O)Cl)cn1Cc1ccccc1. The van der Waals surface area contributed by atoms with Gasteiger partial charge in [-0.1, -0.05) is 56.0 Å². The van der Waals surface area contributed by atoms with Gasteiger partial charge < -0.3 is 9.88 Å². The van der Waals surface area contributed by atoms with Crippen LogP contribution in [0.4, 0.5) is 0 Å². The van der Waals surface area contributed by atoms with E-state index in [1.165, 1.54) is 37.9 Å². The number of hydrogen-bond acceptors (Lipinski definition) is 3. The Bertz CT molecular complexity index is 872. The summed E-state index contributed by atoms with van der Waals surface area (Å²) in [5.74, 6) is 0.515. The van der Waals surface area contributed by atoms with E-state index in [1.54, 1.807) is 4.57 Å². The van der Waals surface area contributed by atoms with Gasteiger partial charge in [0.1, 0.15) is 10.6 Å². The summed E-state index contributed by atoms with van der Waals surface area (Å²) in [4.78, 5) is 12.6. The molecular weight excluding hydrogens is 384 g/mol. The molecule has 1 aliphatic rings. The van der Waals surface area contributed by atoms with Gasteiger partial charge in [0.15, 0.2) is 0 Å². The zero-order valence-corrected chi connectivity index (χ0v) is 16.8. The van der Waals surface area contributed by atoms with E-state index >= 15 is 0 Å². The second-order valence-electron chi connectivity index (χ2n) is 7.16. The van der Waals surface area contributed by atoms with Crippen molar-refractivity contribution in [3.8, 4) is 0 Å². The predicted octanol–water partition coefficient (Wildman–Crippen LogP) is 4.16. The maximum atomic E-state index is 12.6. The van der Waals surface area contributed by atoms with Gasteiger partial charge in [-0.25, -0.2) is 8.42 Å². The Kier molecular flexibility index (Phi) is 6.60. The van der Waals surface area contributed by atoms with Crippen LogP contribution in [0.1, 0.15) is 54.6 Å². The van der Waals surface area contributed by atoms with Crippen molar-refractivity contribution in [3.05, 3.63) is 53.9 Å². The number of carbonyl (C=O) groups is 1. The molecule has 0 unspecified atom stereocenters. The number of rotatable bonds is 8. The van der Waals surface area contributed by atoms with Crippen LogP contribution in [0.3, 0.4) is 0 Å². The maximum absolute atomic E-state index is 12.6. The van der Waals surface area contributed by atoms with Crippen LogP contribution >= 0.6 is 10.7 Å². The second-order valence-corrected chi connectivity index (χ2v) is 9.73. The van der Waals surface area contributed by atoms with E-state index in [-0.39, 0.29) is 10.8 Å². The molecule has 1 saturated carbocycles.